The molecule has 0 bridgehead atoms. The molecule has 0 aliphatic heterocycles. The number of amides is 2. The Labute approximate surface area is 103 Å². The lowest BCUT2D eigenvalue weighted by Gasteiger charge is -2.20. The second kappa shape index (κ2) is 6.91. The molecule has 94 valence electrons. The molecule has 0 aliphatic rings. The fourth-order valence-electron chi connectivity index (χ4n) is 1.69. The Balaban J connectivity index is 2.76. The second-order valence-electron chi connectivity index (χ2n) is 3.79. The minimum absolute atomic E-state index is 0.0430. The number of nitrogens with one attached hydrogen (secondary N) is 2. The van der Waals surface area contributed by atoms with Crippen LogP contribution in [0, 0.1) is 0 Å². The summed E-state index contributed by atoms with van der Waals surface area (Å²) < 4.78 is 0. The first-order chi connectivity index (χ1) is 8.22. The lowest BCUT2D eigenvalue weighted by Crippen LogP contribution is -2.34. The van der Waals surface area contributed by atoms with Gasteiger partial charge < -0.3 is 15.5 Å². The van der Waals surface area contributed by atoms with Gasteiger partial charge in [-0.25, -0.2) is 4.79 Å². The molecule has 0 aliphatic carbocycles. The summed E-state index contributed by atoms with van der Waals surface area (Å²) >= 11 is 0. The van der Waals surface area contributed by atoms with Crippen molar-refractivity contribution in [3.63, 3.8) is 0 Å². The van der Waals surface area contributed by atoms with E-state index >= 15 is 0 Å². The van der Waals surface area contributed by atoms with Crippen LogP contribution in [0.3, 0.4) is 0 Å². The highest BCUT2D eigenvalue weighted by molar-refractivity contribution is 5.90. The van der Waals surface area contributed by atoms with Crippen LogP contribution >= 0.6 is 0 Å². The Morgan fingerprint density at radius 1 is 1.24 bits per heavy atom. The van der Waals surface area contributed by atoms with Crippen molar-refractivity contribution in [3.8, 4) is 0 Å². The van der Waals surface area contributed by atoms with E-state index in [-0.39, 0.29) is 6.03 Å². The fourth-order valence-corrected chi connectivity index (χ4v) is 1.69. The molecule has 0 unspecified atom stereocenters. The van der Waals surface area contributed by atoms with Crippen LogP contribution in [-0.2, 0) is 6.54 Å². The van der Waals surface area contributed by atoms with Crippen LogP contribution in [0.2, 0.25) is 0 Å². The number of hydrogen-bond acceptors (Lipinski definition) is 2. The number of carbonyl (C=O) groups excluding carboxylic acids is 1. The summed E-state index contributed by atoms with van der Waals surface area (Å²) in [4.78, 5) is 13.7. The number of benzene rings is 1. The Bertz CT molecular complexity index is 361. The van der Waals surface area contributed by atoms with Crippen LogP contribution in [0.5, 0.6) is 0 Å². The van der Waals surface area contributed by atoms with E-state index in [0.29, 0.717) is 0 Å². The van der Waals surface area contributed by atoms with Gasteiger partial charge in [0.1, 0.15) is 0 Å². The van der Waals surface area contributed by atoms with Gasteiger partial charge in [-0.1, -0.05) is 18.2 Å². The maximum absolute atomic E-state index is 11.9. The van der Waals surface area contributed by atoms with Gasteiger partial charge in [0.2, 0.25) is 0 Å². The summed E-state index contributed by atoms with van der Waals surface area (Å²) in [7, 11) is 1.89. The van der Waals surface area contributed by atoms with Crippen molar-refractivity contribution >= 4 is 11.7 Å². The molecule has 0 atom stereocenters. The van der Waals surface area contributed by atoms with Gasteiger partial charge in [-0.15, -0.1) is 0 Å². The fraction of sp³-hybridized carbons (Fsp3) is 0.462. The average molecular weight is 235 g/mol. The maximum Gasteiger partial charge on any atom is 0.321 e. The molecule has 0 saturated carbocycles. The van der Waals surface area contributed by atoms with Gasteiger partial charge >= 0.3 is 6.03 Å². The maximum atomic E-state index is 11.9. The molecule has 4 heteroatoms. The molecule has 0 radical (unpaired) electrons. The molecule has 1 aromatic rings. The van der Waals surface area contributed by atoms with Crippen molar-refractivity contribution < 1.29 is 4.79 Å². The number of nitrogens with zero attached hydrogens (tertiary/aromatic N) is 1. The summed E-state index contributed by atoms with van der Waals surface area (Å²) in [6.07, 6.45) is 0. The first-order valence-electron chi connectivity index (χ1n) is 6.01. The van der Waals surface area contributed by atoms with E-state index in [1.54, 1.807) is 4.90 Å². The summed E-state index contributed by atoms with van der Waals surface area (Å²) in [5.74, 6) is 0. The van der Waals surface area contributed by atoms with E-state index in [9.17, 15) is 4.79 Å². The van der Waals surface area contributed by atoms with Crippen molar-refractivity contribution in [1.82, 2.24) is 10.2 Å². The molecule has 0 heterocycles. The summed E-state index contributed by atoms with van der Waals surface area (Å²) in [6.45, 7) is 6.13. The van der Waals surface area contributed by atoms with E-state index in [4.69, 9.17) is 0 Å². The summed E-state index contributed by atoms with van der Waals surface area (Å²) in [5, 5.41) is 6.03. The van der Waals surface area contributed by atoms with Gasteiger partial charge in [0.05, 0.1) is 0 Å². The molecular weight excluding hydrogens is 214 g/mol. The molecule has 4 nitrogen and oxygen atoms in total. The smallest absolute Gasteiger partial charge is 0.321 e. The number of anilines is 1. The number of carbonyl (C=O) groups is 1. The Kier molecular flexibility index (Phi) is 5.49. The SMILES string of the molecule is CCN(CC)C(=O)Nc1ccccc1CNC. The highest BCUT2D eigenvalue weighted by Crippen LogP contribution is 2.15. The quantitative estimate of drug-likeness (QED) is 0.822. The number of rotatable bonds is 5. The Morgan fingerprint density at radius 2 is 1.88 bits per heavy atom. The third-order valence-electron chi connectivity index (χ3n) is 2.68. The zero-order valence-electron chi connectivity index (χ0n) is 10.8. The van der Waals surface area contributed by atoms with E-state index in [1.807, 2.05) is 45.2 Å². The van der Waals surface area contributed by atoms with E-state index in [1.165, 1.54) is 0 Å². The highest BCUT2D eigenvalue weighted by Gasteiger charge is 2.10. The van der Waals surface area contributed by atoms with Crippen LogP contribution in [0.1, 0.15) is 19.4 Å². The van der Waals surface area contributed by atoms with Gasteiger partial charge in [0.25, 0.3) is 0 Å². The molecule has 1 aromatic carbocycles. The molecule has 0 aromatic heterocycles. The van der Waals surface area contributed by atoms with Crippen LogP contribution in [0.15, 0.2) is 24.3 Å². The minimum atomic E-state index is -0.0430. The Morgan fingerprint density at radius 3 is 2.47 bits per heavy atom. The number of hydrogen-bond donors (Lipinski definition) is 2. The lowest BCUT2D eigenvalue weighted by atomic mass is 10.2. The predicted molar refractivity (Wildman–Crippen MR) is 71.1 cm³/mol. The predicted octanol–water partition coefficient (Wildman–Crippen LogP) is 2.28. The van der Waals surface area contributed by atoms with E-state index in [0.717, 1.165) is 30.9 Å². The third-order valence-corrected chi connectivity index (χ3v) is 2.68. The van der Waals surface area contributed by atoms with E-state index in [2.05, 4.69) is 10.6 Å². The average Bonchev–Trinajstić information content (AvgIpc) is 2.33. The van der Waals surface area contributed by atoms with Crippen molar-refractivity contribution in [2.24, 2.45) is 0 Å². The second-order valence-corrected chi connectivity index (χ2v) is 3.79. The molecule has 0 spiro atoms. The first kappa shape index (κ1) is 13.5. The summed E-state index contributed by atoms with van der Waals surface area (Å²) in [6, 6.07) is 7.79. The van der Waals surface area contributed by atoms with Gasteiger partial charge in [-0.05, 0) is 32.5 Å². The van der Waals surface area contributed by atoms with Gasteiger partial charge in [0.15, 0.2) is 0 Å². The standard InChI is InChI=1S/C13H21N3O/c1-4-16(5-2)13(17)15-12-9-7-6-8-11(12)10-14-3/h6-9,14H,4-5,10H2,1-3H3,(H,15,17). The largest absolute Gasteiger partial charge is 0.325 e. The highest BCUT2D eigenvalue weighted by atomic mass is 16.2. The zero-order valence-corrected chi connectivity index (χ0v) is 10.8. The van der Waals surface area contributed by atoms with Crippen LogP contribution in [-0.4, -0.2) is 31.1 Å². The van der Waals surface area contributed by atoms with Crippen molar-refractivity contribution in [2.75, 3.05) is 25.5 Å². The topological polar surface area (TPSA) is 44.4 Å². The monoisotopic (exact) mass is 235 g/mol. The van der Waals surface area contributed by atoms with Crippen LogP contribution in [0.25, 0.3) is 0 Å². The number of urea groups is 1. The summed E-state index contributed by atoms with van der Waals surface area (Å²) in [5.41, 5.74) is 1.97. The molecule has 1 rings (SSSR count). The molecule has 2 N–H and O–H groups in total. The van der Waals surface area contributed by atoms with Crippen LogP contribution < -0.4 is 10.6 Å². The Hall–Kier alpha value is -1.55. The van der Waals surface area contributed by atoms with Crippen molar-refractivity contribution in [1.29, 1.82) is 0 Å². The van der Waals surface area contributed by atoms with E-state index < -0.39 is 0 Å². The lowest BCUT2D eigenvalue weighted by molar-refractivity contribution is 0.217. The third kappa shape index (κ3) is 3.75. The van der Waals surface area contributed by atoms with Crippen LogP contribution in [0.4, 0.5) is 10.5 Å². The molecule has 2 amide bonds. The first-order valence-corrected chi connectivity index (χ1v) is 6.01. The molecule has 0 fully saturated rings. The van der Waals surface area contributed by atoms with Gasteiger partial charge in [-0.3, -0.25) is 0 Å². The zero-order chi connectivity index (χ0) is 12.7. The molecule has 0 saturated heterocycles. The minimum Gasteiger partial charge on any atom is -0.325 e. The molecular formula is C13H21N3O. The number of para-hydroxylation sites is 1. The van der Waals surface area contributed by atoms with Gasteiger partial charge in [-0.2, -0.15) is 0 Å². The normalized spacial score (nSPS) is 10.1. The molecule has 17 heavy (non-hydrogen) atoms. The van der Waals surface area contributed by atoms with Crippen molar-refractivity contribution in [2.45, 2.75) is 20.4 Å². The van der Waals surface area contributed by atoms with Crippen molar-refractivity contribution in [3.05, 3.63) is 29.8 Å². The van der Waals surface area contributed by atoms with Gasteiger partial charge in [0, 0.05) is 25.3 Å².